The highest BCUT2D eigenvalue weighted by Gasteiger charge is 2.37. The molecule has 1 saturated carbocycles. The van der Waals surface area contributed by atoms with E-state index in [1.807, 2.05) is 7.05 Å². The van der Waals surface area contributed by atoms with E-state index in [9.17, 15) is 4.79 Å². The van der Waals surface area contributed by atoms with Crippen LogP contribution in [-0.4, -0.2) is 41.7 Å². The Morgan fingerprint density at radius 2 is 2.00 bits per heavy atom. The molecule has 0 bridgehead atoms. The van der Waals surface area contributed by atoms with Crippen LogP contribution in [0.15, 0.2) is 0 Å². The van der Waals surface area contributed by atoms with Gasteiger partial charge in [-0.3, -0.25) is 9.69 Å². The quantitative estimate of drug-likeness (QED) is 0.718. The van der Waals surface area contributed by atoms with Crippen LogP contribution in [0.25, 0.3) is 0 Å². The molecular weight excluding hydrogens is 192 g/mol. The lowest BCUT2D eigenvalue weighted by Crippen LogP contribution is -2.50. The van der Waals surface area contributed by atoms with E-state index in [2.05, 4.69) is 4.90 Å². The van der Waals surface area contributed by atoms with Crippen molar-refractivity contribution < 1.29 is 9.90 Å². The van der Waals surface area contributed by atoms with Crippen molar-refractivity contribution in [3.05, 3.63) is 0 Å². The Kier molecular flexibility index (Phi) is 4.54. The molecule has 0 saturated heterocycles. The molecule has 0 unspecified atom stereocenters. The van der Waals surface area contributed by atoms with E-state index in [0.29, 0.717) is 6.54 Å². The number of rotatable bonds is 5. The molecular formula is C11H22N2O2. The van der Waals surface area contributed by atoms with Crippen LogP contribution < -0.4 is 5.73 Å². The van der Waals surface area contributed by atoms with Crippen molar-refractivity contribution in [2.24, 2.45) is 5.73 Å². The summed E-state index contributed by atoms with van der Waals surface area (Å²) in [4.78, 5) is 13.1. The number of carboxylic acids is 1. The molecule has 0 heterocycles. The maximum atomic E-state index is 10.9. The van der Waals surface area contributed by atoms with Crippen LogP contribution in [0.4, 0.5) is 0 Å². The third-order valence-corrected chi connectivity index (χ3v) is 3.54. The SMILES string of the molecule is CN(CCN)C1(CC(=O)O)CCCCC1. The van der Waals surface area contributed by atoms with E-state index < -0.39 is 5.97 Å². The average Bonchev–Trinajstić information content (AvgIpc) is 2.18. The van der Waals surface area contributed by atoms with Crippen molar-refractivity contribution in [1.29, 1.82) is 0 Å². The first-order valence-corrected chi connectivity index (χ1v) is 5.74. The molecule has 4 heteroatoms. The molecule has 0 radical (unpaired) electrons. The highest BCUT2D eigenvalue weighted by molar-refractivity contribution is 5.68. The minimum Gasteiger partial charge on any atom is -0.481 e. The minimum atomic E-state index is -0.694. The van der Waals surface area contributed by atoms with Crippen LogP contribution in [0.2, 0.25) is 0 Å². The van der Waals surface area contributed by atoms with Gasteiger partial charge in [0, 0.05) is 18.6 Å². The van der Waals surface area contributed by atoms with Gasteiger partial charge in [-0.25, -0.2) is 0 Å². The minimum absolute atomic E-state index is 0.135. The van der Waals surface area contributed by atoms with Gasteiger partial charge in [-0.05, 0) is 19.9 Å². The van der Waals surface area contributed by atoms with Gasteiger partial charge in [-0.15, -0.1) is 0 Å². The zero-order valence-corrected chi connectivity index (χ0v) is 9.54. The Hall–Kier alpha value is -0.610. The monoisotopic (exact) mass is 214 g/mol. The molecule has 0 aliphatic heterocycles. The normalized spacial score (nSPS) is 20.5. The number of hydrogen-bond donors (Lipinski definition) is 2. The van der Waals surface area contributed by atoms with E-state index in [4.69, 9.17) is 10.8 Å². The van der Waals surface area contributed by atoms with E-state index in [1.54, 1.807) is 0 Å². The van der Waals surface area contributed by atoms with Crippen LogP contribution in [-0.2, 0) is 4.79 Å². The molecule has 1 aliphatic rings. The van der Waals surface area contributed by atoms with Crippen LogP contribution in [0, 0.1) is 0 Å². The third-order valence-electron chi connectivity index (χ3n) is 3.54. The Bertz CT molecular complexity index is 213. The maximum Gasteiger partial charge on any atom is 0.305 e. The third kappa shape index (κ3) is 3.18. The van der Waals surface area contributed by atoms with Gasteiger partial charge in [0.25, 0.3) is 0 Å². The average molecular weight is 214 g/mol. The lowest BCUT2D eigenvalue weighted by Gasteiger charge is -2.43. The number of nitrogens with two attached hydrogens (primary N) is 1. The Labute approximate surface area is 91.4 Å². The second-order valence-electron chi connectivity index (χ2n) is 4.57. The first-order valence-electron chi connectivity index (χ1n) is 5.74. The summed E-state index contributed by atoms with van der Waals surface area (Å²) in [5.41, 5.74) is 5.40. The van der Waals surface area contributed by atoms with E-state index >= 15 is 0 Å². The van der Waals surface area contributed by atoms with Crippen LogP contribution in [0.1, 0.15) is 38.5 Å². The standard InChI is InChI=1S/C11H22N2O2/c1-13(8-7-12)11(9-10(14)15)5-3-2-4-6-11/h2-9,12H2,1H3,(H,14,15). The van der Waals surface area contributed by atoms with Gasteiger partial charge in [-0.1, -0.05) is 19.3 Å². The molecule has 4 nitrogen and oxygen atoms in total. The van der Waals surface area contributed by atoms with Gasteiger partial charge < -0.3 is 10.8 Å². The van der Waals surface area contributed by atoms with Gasteiger partial charge >= 0.3 is 5.97 Å². The molecule has 0 spiro atoms. The second-order valence-corrected chi connectivity index (χ2v) is 4.57. The maximum absolute atomic E-state index is 10.9. The van der Waals surface area contributed by atoms with Crippen LogP contribution in [0.3, 0.4) is 0 Å². The Balaban J connectivity index is 2.69. The van der Waals surface area contributed by atoms with Gasteiger partial charge in [0.1, 0.15) is 0 Å². The molecule has 3 N–H and O–H groups in total. The fourth-order valence-corrected chi connectivity index (χ4v) is 2.62. The van der Waals surface area contributed by atoms with Crippen molar-refractivity contribution in [3.63, 3.8) is 0 Å². The van der Waals surface area contributed by atoms with Gasteiger partial charge in [-0.2, -0.15) is 0 Å². The second kappa shape index (κ2) is 5.47. The molecule has 1 fully saturated rings. The van der Waals surface area contributed by atoms with E-state index in [-0.39, 0.29) is 12.0 Å². The molecule has 15 heavy (non-hydrogen) atoms. The number of carboxylic acid groups (broad SMARTS) is 1. The summed E-state index contributed by atoms with van der Waals surface area (Å²) < 4.78 is 0. The zero-order valence-electron chi connectivity index (χ0n) is 9.54. The number of aliphatic carboxylic acids is 1. The van der Waals surface area contributed by atoms with E-state index in [0.717, 1.165) is 32.2 Å². The lowest BCUT2D eigenvalue weighted by atomic mass is 9.78. The number of carbonyl (C=O) groups is 1. The van der Waals surface area contributed by atoms with Crippen molar-refractivity contribution in [2.45, 2.75) is 44.1 Å². The van der Waals surface area contributed by atoms with Crippen LogP contribution in [0.5, 0.6) is 0 Å². The molecule has 0 amide bonds. The summed E-state index contributed by atoms with van der Waals surface area (Å²) in [6.07, 6.45) is 5.76. The summed E-state index contributed by atoms with van der Waals surface area (Å²) >= 11 is 0. The number of nitrogens with zero attached hydrogens (tertiary/aromatic N) is 1. The molecule has 1 aliphatic carbocycles. The molecule has 0 aromatic carbocycles. The fraction of sp³-hybridized carbons (Fsp3) is 0.909. The summed E-state index contributed by atoms with van der Waals surface area (Å²) in [6.45, 7) is 1.38. The fourth-order valence-electron chi connectivity index (χ4n) is 2.62. The predicted octanol–water partition coefficient (Wildman–Crippen LogP) is 1.05. The lowest BCUT2D eigenvalue weighted by molar-refractivity contribution is -0.141. The molecule has 1 rings (SSSR count). The van der Waals surface area contributed by atoms with Gasteiger partial charge in [0.2, 0.25) is 0 Å². The Morgan fingerprint density at radius 1 is 1.40 bits per heavy atom. The first-order chi connectivity index (χ1) is 7.10. The van der Waals surface area contributed by atoms with Gasteiger partial charge in [0.05, 0.1) is 6.42 Å². The summed E-state index contributed by atoms with van der Waals surface area (Å²) in [7, 11) is 2.00. The summed E-state index contributed by atoms with van der Waals surface area (Å²) in [5, 5.41) is 8.99. The van der Waals surface area contributed by atoms with Crippen molar-refractivity contribution in [3.8, 4) is 0 Å². The first kappa shape index (κ1) is 12.5. The highest BCUT2D eigenvalue weighted by Crippen LogP contribution is 2.35. The zero-order chi connectivity index (χ0) is 11.3. The number of likely N-dealkylation sites (N-methyl/N-ethyl adjacent to an activating group) is 1. The molecule has 0 atom stereocenters. The highest BCUT2D eigenvalue weighted by atomic mass is 16.4. The predicted molar refractivity (Wildman–Crippen MR) is 59.8 cm³/mol. The molecule has 0 aromatic rings. The molecule has 88 valence electrons. The molecule has 0 aromatic heterocycles. The smallest absolute Gasteiger partial charge is 0.305 e. The van der Waals surface area contributed by atoms with Crippen molar-refractivity contribution in [1.82, 2.24) is 4.90 Å². The summed E-state index contributed by atoms with van der Waals surface area (Å²) in [6, 6.07) is 0. The number of hydrogen-bond acceptors (Lipinski definition) is 3. The topological polar surface area (TPSA) is 66.6 Å². The van der Waals surface area contributed by atoms with Crippen molar-refractivity contribution in [2.75, 3.05) is 20.1 Å². The Morgan fingerprint density at radius 3 is 2.47 bits per heavy atom. The summed E-state index contributed by atoms with van der Waals surface area (Å²) in [5.74, 6) is -0.694. The van der Waals surface area contributed by atoms with E-state index in [1.165, 1.54) is 6.42 Å². The van der Waals surface area contributed by atoms with Crippen LogP contribution >= 0.6 is 0 Å². The van der Waals surface area contributed by atoms with Gasteiger partial charge in [0.15, 0.2) is 0 Å². The van der Waals surface area contributed by atoms with Crippen molar-refractivity contribution >= 4 is 5.97 Å². The largest absolute Gasteiger partial charge is 0.481 e.